The van der Waals surface area contributed by atoms with Crippen LogP contribution in [0.15, 0.2) is 24.3 Å². The highest BCUT2D eigenvalue weighted by Gasteiger charge is 2.11. The zero-order valence-electron chi connectivity index (χ0n) is 10.4. The van der Waals surface area contributed by atoms with Gasteiger partial charge >= 0.3 is 0 Å². The Labute approximate surface area is 103 Å². The molecule has 17 heavy (non-hydrogen) atoms. The molecule has 2 heteroatoms. The van der Waals surface area contributed by atoms with Crippen molar-refractivity contribution in [1.29, 1.82) is 0 Å². The molecule has 0 amide bonds. The molecule has 1 aliphatic rings. The molecule has 0 unspecified atom stereocenters. The van der Waals surface area contributed by atoms with E-state index >= 15 is 0 Å². The van der Waals surface area contributed by atoms with E-state index in [9.17, 15) is 4.39 Å². The topological polar surface area (TPSA) is 12.0 Å². The van der Waals surface area contributed by atoms with Gasteiger partial charge in [-0.3, -0.25) is 0 Å². The quantitative estimate of drug-likeness (QED) is 0.768. The van der Waals surface area contributed by atoms with Crippen LogP contribution in [0.5, 0.6) is 0 Å². The summed E-state index contributed by atoms with van der Waals surface area (Å²) in [6.45, 7) is 1.09. The van der Waals surface area contributed by atoms with Gasteiger partial charge in [0.05, 0.1) is 0 Å². The van der Waals surface area contributed by atoms with E-state index < -0.39 is 0 Å². The number of rotatable bonds is 5. The highest BCUT2D eigenvalue weighted by atomic mass is 19.1. The van der Waals surface area contributed by atoms with Gasteiger partial charge < -0.3 is 5.32 Å². The summed E-state index contributed by atoms with van der Waals surface area (Å²) in [5, 5.41) is 3.63. The van der Waals surface area contributed by atoms with Gasteiger partial charge in [0.2, 0.25) is 0 Å². The summed E-state index contributed by atoms with van der Waals surface area (Å²) in [6.07, 6.45) is 9.05. The maximum atomic E-state index is 12.7. The van der Waals surface area contributed by atoms with Gasteiger partial charge in [0.15, 0.2) is 0 Å². The third kappa shape index (κ3) is 4.47. The average Bonchev–Trinajstić information content (AvgIpc) is 2.38. The van der Waals surface area contributed by atoms with Crippen molar-refractivity contribution in [3.63, 3.8) is 0 Å². The minimum atomic E-state index is -0.144. The fourth-order valence-electron chi connectivity index (χ4n) is 2.56. The summed E-state index contributed by atoms with van der Waals surface area (Å²) in [7, 11) is 0. The van der Waals surface area contributed by atoms with Crippen LogP contribution < -0.4 is 5.32 Å². The van der Waals surface area contributed by atoms with E-state index in [2.05, 4.69) is 5.32 Å². The lowest BCUT2D eigenvalue weighted by molar-refractivity contribution is 0.372. The number of aryl methyl sites for hydroxylation is 1. The lowest BCUT2D eigenvalue weighted by Crippen LogP contribution is -2.31. The molecular formula is C15H22FN. The van der Waals surface area contributed by atoms with Crippen molar-refractivity contribution in [2.75, 3.05) is 6.54 Å². The third-order valence-electron chi connectivity index (χ3n) is 3.59. The summed E-state index contributed by atoms with van der Waals surface area (Å²) in [5.74, 6) is -0.144. The zero-order valence-corrected chi connectivity index (χ0v) is 10.4. The maximum Gasteiger partial charge on any atom is 0.123 e. The van der Waals surface area contributed by atoms with Crippen LogP contribution in [0.3, 0.4) is 0 Å². The van der Waals surface area contributed by atoms with E-state index in [0.29, 0.717) is 0 Å². The zero-order chi connectivity index (χ0) is 11.9. The average molecular weight is 235 g/mol. The summed E-state index contributed by atoms with van der Waals surface area (Å²) in [6, 6.07) is 7.61. The Morgan fingerprint density at radius 1 is 1.06 bits per heavy atom. The van der Waals surface area contributed by atoms with Gasteiger partial charge in [0.1, 0.15) is 5.82 Å². The minimum absolute atomic E-state index is 0.144. The Balaban J connectivity index is 1.60. The number of benzene rings is 1. The molecule has 1 fully saturated rings. The number of hydrogen-bond acceptors (Lipinski definition) is 1. The molecule has 1 N–H and O–H groups in total. The monoisotopic (exact) mass is 235 g/mol. The highest BCUT2D eigenvalue weighted by molar-refractivity contribution is 5.15. The molecule has 0 aromatic heterocycles. The van der Waals surface area contributed by atoms with E-state index in [1.54, 1.807) is 12.1 Å². The van der Waals surface area contributed by atoms with Crippen molar-refractivity contribution in [2.45, 2.75) is 51.0 Å². The molecule has 1 saturated carbocycles. The largest absolute Gasteiger partial charge is 0.314 e. The highest BCUT2D eigenvalue weighted by Crippen LogP contribution is 2.17. The molecule has 0 spiro atoms. The summed E-state index contributed by atoms with van der Waals surface area (Å²) < 4.78 is 12.7. The maximum absolute atomic E-state index is 12.7. The van der Waals surface area contributed by atoms with Crippen LogP contribution in [-0.2, 0) is 6.42 Å². The fourth-order valence-corrected chi connectivity index (χ4v) is 2.56. The van der Waals surface area contributed by atoms with Crippen LogP contribution in [0, 0.1) is 5.82 Å². The molecule has 1 aromatic carbocycles. The van der Waals surface area contributed by atoms with Crippen LogP contribution in [-0.4, -0.2) is 12.6 Å². The van der Waals surface area contributed by atoms with Gasteiger partial charge in [0.25, 0.3) is 0 Å². The minimum Gasteiger partial charge on any atom is -0.314 e. The smallest absolute Gasteiger partial charge is 0.123 e. The molecule has 1 nitrogen and oxygen atoms in total. The van der Waals surface area contributed by atoms with Crippen molar-refractivity contribution >= 4 is 0 Å². The molecule has 0 heterocycles. The van der Waals surface area contributed by atoms with Crippen LogP contribution >= 0.6 is 0 Å². The molecule has 94 valence electrons. The number of nitrogens with one attached hydrogen (secondary N) is 1. The van der Waals surface area contributed by atoms with E-state index in [-0.39, 0.29) is 5.82 Å². The van der Waals surface area contributed by atoms with Crippen LogP contribution in [0.4, 0.5) is 4.39 Å². The Morgan fingerprint density at radius 3 is 2.47 bits per heavy atom. The molecule has 0 radical (unpaired) electrons. The number of halogens is 1. The molecule has 2 rings (SSSR count). The van der Waals surface area contributed by atoms with Gasteiger partial charge in [-0.25, -0.2) is 4.39 Å². The SMILES string of the molecule is Fc1ccc(CCCNC2CCCCC2)cc1. The second-order valence-corrected chi connectivity index (χ2v) is 5.02. The predicted octanol–water partition coefficient (Wildman–Crippen LogP) is 3.68. The van der Waals surface area contributed by atoms with Crippen molar-refractivity contribution < 1.29 is 4.39 Å². The van der Waals surface area contributed by atoms with Gasteiger partial charge in [0, 0.05) is 6.04 Å². The Bertz CT molecular complexity index is 314. The standard InChI is InChI=1S/C15H22FN/c16-14-10-8-13(9-11-14)5-4-12-17-15-6-2-1-3-7-15/h8-11,15,17H,1-7,12H2. The predicted molar refractivity (Wildman–Crippen MR) is 69.6 cm³/mol. The fraction of sp³-hybridized carbons (Fsp3) is 0.600. The molecule has 1 aromatic rings. The van der Waals surface area contributed by atoms with Crippen LogP contribution in [0.1, 0.15) is 44.1 Å². The van der Waals surface area contributed by atoms with Crippen molar-refractivity contribution in [3.05, 3.63) is 35.6 Å². The van der Waals surface area contributed by atoms with E-state index in [0.717, 1.165) is 25.4 Å². The molecule has 0 atom stereocenters. The third-order valence-corrected chi connectivity index (χ3v) is 3.59. The Morgan fingerprint density at radius 2 is 1.76 bits per heavy atom. The second kappa shape index (κ2) is 6.75. The molecule has 0 saturated heterocycles. The van der Waals surface area contributed by atoms with E-state index in [1.165, 1.54) is 37.7 Å². The lowest BCUT2D eigenvalue weighted by Gasteiger charge is -2.22. The second-order valence-electron chi connectivity index (χ2n) is 5.02. The molecule has 0 bridgehead atoms. The van der Waals surface area contributed by atoms with Crippen molar-refractivity contribution in [1.82, 2.24) is 5.32 Å². The van der Waals surface area contributed by atoms with Gasteiger partial charge in [-0.1, -0.05) is 31.4 Å². The van der Waals surface area contributed by atoms with Gasteiger partial charge in [-0.2, -0.15) is 0 Å². The Kier molecular flexibility index (Phi) is 4.99. The summed E-state index contributed by atoms with van der Waals surface area (Å²) in [4.78, 5) is 0. The summed E-state index contributed by atoms with van der Waals surface area (Å²) in [5.41, 5.74) is 1.23. The first-order valence-electron chi connectivity index (χ1n) is 6.82. The van der Waals surface area contributed by atoms with E-state index in [1.807, 2.05) is 12.1 Å². The van der Waals surface area contributed by atoms with Gasteiger partial charge in [-0.15, -0.1) is 0 Å². The first-order valence-corrected chi connectivity index (χ1v) is 6.82. The van der Waals surface area contributed by atoms with Crippen molar-refractivity contribution in [2.24, 2.45) is 0 Å². The molecular weight excluding hydrogens is 213 g/mol. The van der Waals surface area contributed by atoms with Crippen LogP contribution in [0.2, 0.25) is 0 Å². The Hall–Kier alpha value is -0.890. The van der Waals surface area contributed by atoms with E-state index in [4.69, 9.17) is 0 Å². The van der Waals surface area contributed by atoms with Crippen molar-refractivity contribution in [3.8, 4) is 0 Å². The van der Waals surface area contributed by atoms with Gasteiger partial charge in [-0.05, 0) is 49.9 Å². The lowest BCUT2D eigenvalue weighted by atomic mass is 9.95. The normalized spacial score (nSPS) is 17.2. The molecule has 0 aliphatic heterocycles. The number of hydrogen-bond donors (Lipinski definition) is 1. The first kappa shape index (κ1) is 12.6. The first-order chi connectivity index (χ1) is 8.34. The van der Waals surface area contributed by atoms with Crippen LogP contribution in [0.25, 0.3) is 0 Å². The summed E-state index contributed by atoms with van der Waals surface area (Å²) >= 11 is 0. The molecule has 1 aliphatic carbocycles.